The fraction of sp³-hybridized carbons (Fsp3) is 0.714. The van der Waals surface area contributed by atoms with E-state index in [1.54, 1.807) is 0 Å². The normalized spacial score (nSPS) is 19.7. The summed E-state index contributed by atoms with van der Waals surface area (Å²) in [6.07, 6.45) is 3.47. The van der Waals surface area contributed by atoms with Gasteiger partial charge in [-0.2, -0.15) is 0 Å². The summed E-state index contributed by atoms with van der Waals surface area (Å²) in [5.74, 6) is 0. The molecule has 2 rings (SSSR count). The number of rotatable bonds is 4. The van der Waals surface area contributed by atoms with Gasteiger partial charge in [-0.3, -0.25) is 4.79 Å². The van der Waals surface area contributed by atoms with Crippen LogP contribution in [0.2, 0.25) is 0 Å². The van der Waals surface area contributed by atoms with Crippen LogP contribution in [0, 0.1) is 0 Å². The zero-order valence-corrected chi connectivity index (χ0v) is 12.9. The molecule has 0 radical (unpaired) electrons. The van der Waals surface area contributed by atoms with Gasteiger partial charge in [0, 0.05) is 25.6 Å². The minimum absolute atomic E-state index is 0.101. The molecule has 2 heterocycles. The van der Waals surface area contributed by atoms with E-state index >= 15 is 0 Å². The van der Waals surface area contributed by atoms with Crippen LogP contribution >= 0.6 is 11.3 Å². The van der Waals surface area contributed by atoms with Gasteiger partial charge in [-0.25, -0.2) is 4.98 Å². The zero-order chi connectivity index (χ0) is 14.0. The largest absolute Gasteiger partial charge is 0.376 e. The summed E-state index contributed by atoms with van der Waals surface area (Å²) in [4.78, 5) is 18.7. The van der Waals surface area contributed by atoms with Crippen molar-refractivity contribution in [1.29, 1.82) is 0 Å². The Balaban J connectivity index is 2.15. The van der Waals surface area contributed by atoms with Gasteiger partial charge in [-0.15, -0.1) is 0 Å². The molecule has 1 aliphatic rings. The van der Waals surface area contributed by atoms with Crippen LogP contribution in [0.4, 0.5) is 5.13 Å². The van der Waals surface area contributed by atoms with E-state index < -0.39 is 0 Å². The Morgan fingerprint density at radius 3 is 2.74 bits per heavy atom. The summed E-state index contributed by atoms with van der Waals surface area (Å²) in [5.41, 5.74) is 0.789. The van der Waals surface area contributed by atoms with Gasteiger partial charge in [0.2, 0.25) is 0 Å². The second kappa shape index (κ2) is 5.59. The number of nitrogens with zero attached hydrogens (tertiary/aromatic N) is 2. The van der Waals surface area contributed by atoms with Gasteiger partial charge in [0.15, 0.2) is 11.4 Å². The Kier molecular flexibility index (Phi) is 4.26. The van der Waals surface area contributed by atoms with Gasteiger partial charge in [-0.05, 0) is 12.8 Å². The lowest BCUT2D eigenvalue weighted by Crippen LogP contribution is -2.28. The van der Waals surface area contributed by atoms with E-state index in [-0.39, 0.29) is 5.41 Å². The number of carbonyl (C=O) groups is 1. The number of anilines is 1. The first-order valence-corrected chi connectivity index (χ1v) is 7.52. The first-order valence-electron chi connectivity index (χ1n) is 6.71. The second-order valence-corrected chi connectivity index (χ2v) is 7.10. The van der Waals surface area contributed by atoms with Crippen LogP contribution in [0.15, 0.2) is 0 Å². The lowest BCUT2D eigenvalue weighted by atomic mass is 9.91. The van der Waals surface area contributed by atoms with Gasteiger partial charge in [-0.1, -0.05) is 32.1 Å². The molecule has 5 heteroatoms. The van der Waals surface area contributed by atoms with E-state index in [2.05, 4.69) is 30.7 Å². The Morgan fingerprint density at radius 1 is 1.53 bits per heavy atom. The number of hydrogen-bond acceptors (Lipinski definition) is 5. The van der Waals surface area contributed by atoms with Crippen LogP contribution in [0.25, 0.3) is 0 Å². The molecule has 0 saturated carbocycles. The number of aromatic nitrogens is 1. The van der Waals surface area contributed by atoms with Crippen LogP contribution in [-0.4, -0.2) is 37.6 Å². The highest BCUT2D eigenvalue weighted by molar-refractivity contribution is 7.17. The molecule has 1 saturated heterocycles. The molecular formula is C14H22N2O2S. The average Bonchev–Trinajstić information content (AvgIpc) is 2.95. The number of ether oxygens (including phenoxy) is 1. The molecule has 1 atom stereocenters. The summed E-state index contributed by atoms with van der Waals surface area (Å²) in [6.45, 7) is 7.95. The van der Waals surface area contributed by atoms with E-state index in [0.717, 1.165) is 48.0 Å². The summed E-state index contributed by atoms with van der Waals surface area (Å²) >= 11 is 1.47. The highest BCUT2D eigenvalue weighted by Gasteiger charge is 2.25. The van der Waals surface area contributed by atoms with Gasteiger partial charge in [0.05, 0.1) is 16.7 Å². The minimum atomic E-state index is -0.101. The molecule has 1 unspecified atom stereocenters. The molecular weight excluding hydrogens is 260 g/mol. The van der Waals surface area contributed by atoms with Crippen LogP contribution < -0.4 is 4.90 Å². The maximum atomic E-state index is 11.2. The minimum Gasteiger partial charge on any atom is -0.376 e. The van der Waals surface area contributed by atoms with Gasteiger partial charge in [0.25, 0.3) is 0 Å². The molecule has 1 fully saturated rings. The van der Waals surface area contributed by atoms with Crippen LogP contribution in [0.5, 0.6) is 0 Å². The number of carbonyl (C=O) groups excluding carboxylic acids is 1. The highest BCUT2D eigenvalue weighted by Crippen LogP contribution is 2.32. The van der Waals surface area contributed by atoms with E-state index in [0.29, 0.717) is 6.10 Å². The molecule has 0 amide bonds. The van der Waals surface area contributed by atoms with Gasteiger partial charge < -0.3 is 9.64 Å². The first-order chi connectivity index (χ1) is 8.91. The summed E-state index contributed by atoms with van der Waals surface area (Å²) in [6, 6.07) is 0. The van der Waals surface area contributed by atoms with Crippen molar-refractivity contribution in [1.82, 2.24) is 4.98 Å². The molecule has 0 spiro atoms. The fourth-order valence-electron chi connectivity index (χ4n) is 2.27. The van der Waals surface area contributed by atoms with Crippen LogP contribution in [0.1, 0.15) is 49.0 Å². The van der Waals surface area contributed by atoms with Gasteiger partial charge >= 0.3 is 0 Å². The van der Waals surface area contributed by atoms with E-state index in [9.17, 15) is 4.79 Å². The Bertz CT molecular complexity index is 445. The molecule has 0 aromatic carbocycles. The predicted molar refractivity (Wildman–Crippen MR) is 78.4 cm³/mol. The molecule has 106 valence electrons. The van der Waals surface area contributed by atoms with Crippen LogP contribution in [-0.2, 0) is 10.2 Å². The van der Waals surface area contributed by atoms with Crippen molar-refractivity contribution in [2.45, 2.75) is 45.1 Å². The van der Waals surface area contributed by atoms with Crippen molar-refractivity contribution in [3.8, 4) is 0 Å². The molecule has 4 nitrogen and oxygen atoms in total. The monoisotopic (exact) mass is 282 g/mol. The predicted octanol–water partition coefficient (Wildman–Crippen LogP) is 2.87. The van der Waals surface area contributed by atoms with Crippen molar-refractivity contribution in [2.75, 3.05) is 25.1 Å². The van der Waals surface area contributed by atoms with E-state index in [1.807, 2.05) is 7.05 Å². The van der Waals surface area contributed by atoms with Crippen molar-refractivity contribution >= 4 is 22.8 Å². The number of thiazole rings is 1. The standard InChI is InChI=1S/C14H22N2O2S/c1-14(2,3)12-11(9-17)19-13(15-12)16(4)8-10-6-5-7-18-10/h9-10H,5-8H2,1-4H3. The average molecular weight is 282 g/mol. The maximum absolute atomic E-state index is 11.2. The molecule has 1 aliphatic heterocycles. The van der Waals surface area contributed by atoms with E-state index in [1.165, 1.54) is 11.3 Å². The Hall–Kier alpha value is -0.940. The number of hydrogen-bond donors (Lipinski definition) is 0. The van der Waals surface area contributed by atoms with Crippen molar-refractivity contribution in [3.05, 3.63) is 10.6 Å². The third kappa shape index (κ3) is 3.34. The van der Waals surface area contributed by atoms with Gasteiger partial charge in [0.1, 0.15) is 0 Å². The molecule has 0 aliphatic carbocycles. The van der Waals surface area contributed by atoms with Crippen molar-refractivity contribution < 1.29 is 9.53 Å². The smallest absolute Gasteiger partial charge is 0.186 e. The van der Waals surface area contributed by atoms with Crippen molar-refractivity contribution in [2.24, 2.45) is 0 Å². The molecule has 0 N–H and O–H groups in total. The fourth-order valence-corrected chi connectivity index (χ4v) is 3.33. The summed E-state index contributed by atoms with van der Waals surface area (Å²) in [5, 5.41) is 0.905. The summed E-state index contributed by atoms with van der Waals surface area (Å²) in [7, 11) is 2.02. The van der Waals surface area contributed by atoms with E-state index in [4.69, 9.17) is 4.74 Å². The highest BCUT2D eigenvalue weighted by atomic mass is 32.1. The lowest BCUT2D eigenvalue weighted by molar-refractivity contribution is 0.112. The zero-order valence-electron chi connectivity index (χ0n) is 12.1. The molecule has 0 bridgehead atoms. The topological polar surface area (TPSA) is 42.4 Å². The number of likely N-dealkylation sites (N-methyl/N-ethyl adjacent to an activating group) is 1. The Morgan fingerprint density at radius 2 is 2.26 bits per heavy atom. The maximum Gasteiger partial charge on any atom is 0.186 e. The SMILES string of the molecule is CN(CC1CCCO1)c1nc(C(C)(C)C)c(C=O)s1. The van der Waals surface area contributed by atoms with Crippen molar-refractivity contribution in [3.63, 3.8) is 0 Å². The molecule has 1 aromatic rings. The third-order valence-electron chi connectivity index (χ3n) is 3.29. The molecule has 19 heavy (non-hydrogen) atoms. The molecule has 1 aromatic heterocycles. The third-order valence-corrected chi connectivity index (χ3v) is 4.38. The quantitative estimate of drug-likeness (QED) is 0.796. The lowest BCUT2D eigenvalue weighted by Gasteiger charge is -2.20. The number of aldehydes is 1. The van der Waals surface area contributed by atoms with Crippen LogP contribution in [0.3, 0.4) is 0 Å². The first kappa shape index (κ1) is 14.5. The Labute approximate surface area is 118 Å². The summed E-state index contributed by atoms with van der Waals surface area (Å²) < 4.78 is 5.64. The second-order valence-electron chi connectivity index (χ2n) is 6.09.